The molecular formula is C21H29N3O. The van der Waals surface area contributed by atoms with Gasteiger partial charge >= 0.3 is 0 Å². The Morgan fingerprint density at radius 2 is 1.88 bits per heavy atom. The lowest BCUT2D eigenvalue weighted by Crippen LogP contribution is -2.45. The van der Waals surface area contributed by atoms with Crippen LogP contribution in [-0.4, -0.2) is 35.3 Å². The standard InChI is InChI=1S/C21H29N3O/c1-21(2)18(11-12-19(21)25)22-14-15-24(20-10-6-7-13-23-20)16-17-8-4-3-5-9-17/h3-10,13,18-19,22,25H,11-12,14-16H2,1-2H3. The first kappa shape index (κ1) is 17.9. The van der Waals surface area contributed by atoms with Crippen molar-refractivity contribution in [3.8, 4) is 0 Å². The fourth-order valence-electron chi connectivity index (χ4n) is 3.66. The van der Waals surface area contributed by atoms with Crippen LogP contribution in [0, 0.1) is 5.41 Å². The average Bonchev–Trinajstić information content (AvgIpc) is 2.89. The van der Waals surface area contributed by atoms with E-state index in [2.05, 4.69) is 59.4 Å². The summed E-state index contributed by atoms with van der Waals surface area (Å²) in [4.78, 5) is 6.83. The molecule has 2 atom stereocenters. The van der Waals surface area contributed by atoms with Gasteiger partial charge in [0.15, 0.2) is 0 Å². The number of aliphatic hydroxyl groups excluding tert-OH is 1. The number of pyridine rings is 1. The molecule has 1 aliphatic carbocycles. The summed E-state index contributed by atoms with van der Waals surface area (Å²) >= 11 is 0. The van der Waals surface area contributed by atoms with E-state index in [0.717, 1.165) is 38.3 Å². The monoisotopic (exact) mass is 339 g/mol. The van der Waals surface area contributed by atoms with Crippen LogP contribution >= 0.6 is 0 Å². The van der Waals surface area contributed by atoms with Gasteiger partial charge in [0.25, 0.3) is 0 Å². The van der Waals surface area contributed by atoms with Crippen LogP contribution in [0.4, 0.5) is 5.82 Å². The van der Waals surface area contributed by atoms with Gasteiger partial charge in [-0.3, -0.25) is 0 Å². The highest BCUT2D eigenvalue weighted by Gasteiger charge is 2.41. The third-order valence-corrected chi connectivity index (χ3v) is 5.45. The molecule has 134 valence electrons. The predicted molar refractivity (Wildman–Crippen MR) is 103 cm³/mol. The molecule has 0 radical (unpaired) electrons. The largest absolute Gasteiger partial charge is 0.393 e. The number of nitrogens with zero attached hydrogens (tertiary/aromatic N) is 2. The first-order valence-corrected chi connectivity index (χ1v) is 9.19. The zero-order chi connectivity index (χ0) is 17.7. The van der Waals surface area contributed by atoms with Gasteiger partial charge in [-0.15, -0.1) is 0 Å². The minimum Gasteiger partial charge on any atom is -0.393 e. The Hall–Kier alpha value is -1.91. The van der Waals surface area contributed by atoms with Crippen LogP contribution in [-0.2, 0) is 6.54 Å². The van der Waals surface area contributed by atoms with Crippen LogP contribution in [0.25, 0.3) is 0 Å². The third kappa shape index (κ3) is 4.39. The van der Waals surface area contributed by atoms with E-state index in [1.807, 2.05) is 24.4 Å². The highest BCUT2D eigenvalue weighted by Crippen LogP contribution is 2.37. The zero-order valence-corrected chi connectivity index (χ0v) is 15.2. The molecule has 2 N–H and O–H groups in total. The molecule has 1 aliphatic rings. The minimum atomic E-state index is -0.207. The molecule has 1 heterocycles. The lowest BCUT2D eigenvalue weighted by molar-refractivity contribution is 0.0649. The molecule has 4 heteroatoms. The number of anilines is 1. The molecule has 2 unspecified atom stereocenters. The van der Waals surface area contributed by atoms with Crippen molar-refractivity contribution in [3.05, 3.63) is 60.3 Å². The summed E-state index contributed by atoms with van der Waals surface area (Å²) in [7, 11) is 0. The summed E-state index contributed by atoms with van der Waals surface area (Å²) in [6.07, 6.45) is 3.56. The number of nitrogens with one attached hydrogen (secondary N) is 1. The van der Waals surface area contributed by atoms with Crippen molar-refractivity contribution in [2.75, 3.05) is 18.0 Å². The second kappa shape index (κ2) is 7.98. The van der Waals surface area contributed by atoms with E-state index < -0.39 is 0 Å². The van der Waals surface area contributed by atoms with Gasteiger partial charge in [-0.25, -0.2) is 4.98 Å². The van der Waals surface area contributed by atoms with E-state index >= 15 is 0 Å². The Kier molecular flexibility index (Phi) is 5.71. The zero-order valence-electron chi connectivity index (χ0n) is 15.2. The first-order valence-electron chi connectivity index (χ1n) is 9.19. The molecule has 2 aromatic rings. The molecule has 25 heavy (non-hydrogen) atoms. The molecule has 4 nitrogen and oxygen atoms in total. The van der Waals surface area contributed by atoms with Gasteiger partial charge < -0.3 is 15.3 Å². The molecule has 0 saturated heterocycles. The predicted octanol–water partition coefficient (Wildman–Crippen LogP) is 3.23. The summed E-state index contributed by atoms with van der Waals surface area (Å²) < 4.78 is 0. The summed E-state index contributed by atoms with van der Waals surface area (Å²) in [5.41, 5.74) is 1.22. The van der Waals surface area contributed by atoms with Crippen LogP contribution in [0.3, 0.4) is 0 Å². The average molecular weight is 339 g/mol. The molecule has 0 bridgehead atoms. The fourth-order valence-corrected chi connectivity index (χ4v) is 3.66. The van der Waals surface area contributed by atoms with Gasteiger partial charge in [0.1, 0.15) is 5.82 Å². The number of aliphatic hydroxyl groups is 1. The maximum absolute atomic E-state index is 10.1. The second-order valence-corrected chi connectivity index (χ2v) is 7.52. The summed E-state index contributed by atoms with van der Waals surface area (Å²) in [5, 5.41) is 13.8. The van der Waals surface area contributed by atoms with Crippen molar-refractivity contribution in [1.82, 2.24) is 10.3 Å². The van der Waals surface area contributed by atoms with Gasteiger partial charge in [-0.2, -0.15) is 0 Å². The van der Waals surface area contributed by atoms with Crippen molar-refractivity contribution in [2.45, 2.75) is 45.4 Å². The molecule has 0 aliphatic heterocycles. The second-order valence-electron chi connectivity index (χ2n) is 7.52. The van der Waals surface area contributed by atoms with Crippen molar-refractivity contribution in [3.63, 3.8) is 0 Å². The van der Waals surface area contributed by atoms with Crippen LogP contribution in [0.2, 0.25) is 0 Å². The highest BCUT2D eigenvalue weighted by molar-refractivity contribution is 5.39. The van der Waals surface area contributed by atoms with E-state index in [-0.39, 0.29) is 11.5 Å². The van der Waals surface area contributed by atoms with E-state index in [9.17, 15) is 5.11 Å². The Bertz CT molecular complexity index is 645. The quantitative estimate of drug-likeness (QED) is 0.813. The molecule has 3 rings (SSSR count). The molecule has 0 amide bonds. The van der Waals surface area contributed by atoms with Gasteiger partial charge in [0.05, 0.1) is 6.10 Å². The number of benzene rings is 1. The summed E-state index contributed by atoms with van der Waals surface area (Å²) in [6.45, 7) is 6.92. The smallest absolute Gasteiger partial charge is 0.128 e. The Labute approximate surface area is 150 Å². The van der Waals surface area contributed by atoms with Gasteiger partial charge in [-0.1, -0.05) is 50.2 Å². The number of rotatable bonds is 7. The topological polar surface area (TPSA) is 48.4 Å². The van der Waals surface area contributed by atoms with E-state index in [1.54, 1.807) is 0 Å². The molecule has 1 aromatic carbocycles. The van der Waals surface area contributed by atoms with Crippen molar-refractivity contribution in [1.29, 1.82) is 0 Å². The lowest BCUT2D eigenvalue weighted by atomic mass is 9.85. The van der Waals surface area contributed by atoms with E-state index in [4.69, 9.17) is 0 Å². The van der Waals surface area contributed by atoms with Crippen LogP contribution < -0.4 is 10.2 Å². The van der Waals surface area contributed by atoms with Crippen molar-refractivity contribution >= 4 is 5.82 Å². The molecule has 1 aromatic heterocycles. The molecule has 1 fully saturated rings. The maximum Gasteiger partial charge on any atom is 0.128 e. The first-order chi connectivity index (χ1) is 12.1. The fraction of sp³-hybridized carbons (Fsp3) is 0.476. The van der Waals surface area contributed by atoms with Crippen molar-refractivity contribution in [2.24, 2.45) is 5.41 Å². The van der Waals surface area contributed by atoms with E-state index in [1.165, 1.54) is 5.56 Å². The van der Waals surface area contributed by atoms with Gasteiger partial charge in [0.2, 0.25) is 0 Å². The minimum absolute atomic E-state index is 0.0603. The van der Waals surface area contributed by atoms with E-state index in [0.29, 0.717) is 6.04 Å². The number of aromatic nitrogens is 1. The lowest BCUT2D eigenvalue weighted by Gasteiger charge is -2.32. The Morgan fingerprint density at radius 1 is 1.12 bits per heavy atom. The Balaban J connectivity index is 1.62. The summed E-state index contributed by atoms with van der Waals surface area (Å²) in [5.74, 6) is 0.999. The highest BCUT2D eigenvalue weighted by atomic mass is 16.3. The SMILES string of the molecule is CC1(C)C(O)CCC1NCCN(Cc1ccccc1)c1ccccn1. The Morgan fingerprint density at radius 3 is 2.52 bits per heavy atom. The molecule has 0 spiro atoms. The van der Waals surface area contributed by atoms with Crippen LogP contribution in [0.1, 0.15) is 32.3 Å². The van der Waals surface area contributed by atoms with Crippen LogP contribution in [0.15, 0.2) is 54.7 Å². The molecular weight excluding hydrogens is 310 g/mol. The maximum atomic E-state index is 10.1. The van der Waals surface area contributed by atoms with Crippen LogP contribution in [0.5, 0.6) is 0 Å². The number of hydrogen-bond acceptors (Lipinski definition) is 4. The van der Waals surface area contributed by atoms with Gasteiger partial charge in [-0.05, 0) is 30.5 Å². The van der Waals surface area contributed by atoms with Gasteiger partial charge in [0, 0.05) is 37.3 Å². The number of hydrogen-bond donors (Lipinski definition) is 2. The summed E-state index contributed by atoms with van der Waals surface area (Å²) in [6, 6.07) is 16.9. The normalized spacial score (nSPS) is 22.0. The van der Waals surface area contributed by atoms with Crippen molar-refractivity contribution < 1.29 is 5.11 Å². The third-order valence-electron chi connectivity index (χ3n) is 5.45. The molecule has 1 saturated carbocycles.